The molecule has 2 heterocycles. The molecule has 23 heavy (non-hydrogen) atoms. The van der Waals surface area contributed by atoms with E-state index in [0.717, 1.165) is 40.3 Å². The summed E-state index contributed by atoms with van der Waals surface area (Å²) in [5.41, 5.74) is 3.86. The van der Waals surface area contributed by atoms with Crippen molar-refractivity contribution in [2.24, 2.45) is 13.0 Å². The van der Waals surface area contributed by atoms with Crippen molar-refractivity contribution in [2.75, 3.05) is 11.9 Å². The first-order valence-electron chi connectivity index (χ1n) is 7.86. The number of halogens is 1. The maximum absolute atomic E-state index is 4.38. The zero-order chi connectivity index (χ0) is 15.8. The molecule has 0 saturated heterocycles. The molecule has 6 heteroatoms. The largest absolute Gasteiger partial charge is 0.369 e. The topological polar surface area (TPSA) is 55.6 Å². The second-order valence-electron chi connectivity index (χ2n) is 6.09. The summed E-state index contributed by atoms with van der Waals surface area (Å²) in [5.74, 6) is 1.57. The number of aromatic nitrogens is 4. The number of nitrogens with zero attached hydrogens (tertiary/aromatic N) is 4. The van der Waals surface area contributed by atoms with E-state index >= 15 is 0 Å². The van der Waals surface area contributed by atoms with Gasteiger partial charge in [0.1, 0.15) is 16.7 Å². The average Bonchev–Trinajstić information content (AvgIpc) is 3.09. The van der Waals surface area contributed by atoms with Gasteiger partial charge in [0.25, 0.3) is 0 Å². The maximum atomic E-state index is 4.38. The van der Waals surface area contributed by atoms with E-state index in [1.165, 1.54) is 24.0 Å². The van der Waals surface area contributed by atoms with Gasteiger partial charge in [0.05, 0.1) is 5.39 Å². The Balaban J connectivity index is 1.43. The summed E-state index contributed by atoms with van der Waals surface area (Å²) in [5, 5.41) is 8.76. The Labute approximate surface area is 143 Å². The molecule has 0 fully saturated rings. The molecular weight excluding hydrogens is 354 g/mol. The lowest BCUT2D eigenvalue weighted by atomic mass is 10.0. The summed E-state index contributed by atoms with van der Waals surface area (Å²) in [7, 11) is 1.89. The van der Waals surface area contributed by atoms with Gasteiger partial charge in [0.15, 0.2) is 5.65 Å². The van der Waals surface area contributed by atoms with Gasteiger partial charge >= 0.3 is 0 Å². The Kier molecular flexibility index (Phi) is 3.77. The zero-order valence-electron chi connectivity index (χ0n) is 13.0. The third kappa shape index (κ3) is 2.72. The molecule has 0 radical (unpaired) electrons. The fourth-order valence-corrected chi connectivity index (χ4v) is 4.03. The first-order valence-corrected chi connectivity index (χ1v) is 8.65. The van der Waals surface area contributed by atoms with Crippen molar-refractivity contribution in [1.29, 1.82) is 0 Å². The molecule has 0 spiro atoms. The van der Waals surface area contributed by atoms with Gasteiger partial charge < -0.3 is 5.32 Å². The van der Waals surface area contributed by atoms with Crippen LogP contribution in [0.4, 0.5) is 5.82 Å². The average molecular weight is 372 g/mol. The molecule has 5 nitrogen and oxygen atoms in total. The summed E-state index contributed by atoms with van der Waals surface area (Å²) >= 11 is 3.49. The van der Waals surface area contributed by atoms with Gasteiger partial charge in [-0.25, -0.2) is 14.6 Å². The lowest BCUT2D eigenvalue weighted by Gasteiger charge is -2.11. The van der Waals surface area contributed by atoms with E-state index in [1.807, 2.05) is 7.05 Å². The third-order valence-electron chi connectivity index (χ3n) is 4.56. The van der Waals surface area contributed by atoms with Crippen LogP contribution >= 0.6 is 15.9 Å². The molecule has 3 aromatic rings. The summed E-state index contributed by atoms with van der Waals surface area (Å²) < 4.78 is 2.55. The van der Waals surface area contributed by atoms with Crippen LogP contribution in [0.5, 0.6) is 0 Å². The van der Waals surface area contributed by atoms with Crippen LogP contribution in [-0.4, -0.2) is 26.3 Å². The Bertz CT molecular complexity index is 832. The van der Waals surface area contributed by atoms with E-state index < -0.39 is 0 Å². The van der Waals surface area contributed by atoms with E-state index in [4.69, 9.17) is 0 Å². The molecule has 118 valence electrons. The second-order valence-corrected chi connectivity index (χ2v) is 6.84. The molecule has 0 bridgehead atoms. The van der Waals surface area contributed by atoms with Crippen molar-refractivity contribution in [3.8, 4) is 0 Å². The number of fused-ring (bicyclic) bond motifs is 2. The minimum atomic E-state index is 0.717. The number of benzene rings is 1. The van der Waals surface area contributed by atoms with Crippen molar-refractivity contribution < 1.29 is 0 Å². The molecule has 4 rings (SSSR count). The highest BCUT2D eigenvalue weighted by Crippen LogP contribution is 2.30. The third-order valence-corrected chi connectivity index (χ3v) is 5.11. The van der Waals surface area contributed by atoms with Crippen LogP contribution in [0.25, 0.3) is 11.0 Å². The van der Waals surface area contributed by atoms with Crippen molar-refractivity contribution >= 4 is 32.8 Å². The molecule has 1 aromatic carbocycles. The van der Waals surface area contributed by atoms with E-state index in [2.05, 4.69) is 60.6 Å². The van der Waals surface area contributed by atoms with Gasteiger partial charge in [-0.05, 0) is 52.2 Å². The van der Waals surface area contributed by atoms with Crippen LogP contribution in [0, 0.1) is 5.92 Å². The van der Waals surface area contributed by atoms with Gasteiger partial charge in [-0.1, -0.05) is 24.3 Å². The molecule has 0 amide bonds. The van der Waals surface area contributed by atoms with Crippen LogP contribution < -0.4 is 5.32 Å². The molecule has 1 aliphatic carbocycles. The first-order chi connectivity index (χ1) is 11.2. The Hall–Kier alpha value is -1.95. The highest BCUT2D eigenvalue weighted by molar-refractivity contribution is 9.10. The van der Waals surface area contributed by atoms with E-state index in [9.17, 15) is 0 Å². The van der Waals surface area contributed by atoms with E-state index in [0.29, 0.717) is 0 Å². The molecular formula is C17H18BrN5. The van der Waals surface area contributed by atoms with E-state index in [1.54, 1.807) is 11.0 Å². The van der Waals surface area contributed by atoms with Crippen molar-refractivity contribution in [3.05, 3.63) is 46.3 Å². The minimum absolute atomic E-state index is 0.717. The fourth-order valence-electron chi connectivity index (χ4n) is 3.42. The SMILES string of the molecule is Cn1nc(Br)c2c(NCCC3Cc4ccccc4C3)ncnc21. The summed E-state index contributed by atoms with van der Waals surface area (Å²) in [4.78, 5) is 8.67. The Morgan fingerprint density at radius 3 is 2.70 bits per heavy atom. The summed E-state index contributed by atoms with van der Waals surface area (Å²) in [6, 6.07) is 8.78. The number of hydrogen-bond donors (Lipinski definition) is 1. The van der Waals surface area contributed by atoms with Gasteiger partial charge in [0.2, 0.25) is 0 Å². The lowest BCUT2D eigenvalue weighted by molar-refractivity contribution is 0.530. The Morgan fingerprint density at radius 1 is 1.22 bits per heavy atom. The van der Waals surface area contributed by atoms with Gasteiger partial charge in [-0.2, -0.15) is 5.10 Å². The smallest absolute Gasteiger partial charge is 0.164 e. The molecule has 1 N–H and O–H groups in total. The normalized spacial score (nSPS) is 14.3. The minimum Gasteiger partial charge on any atom is -0.369 e. The highest BCUT2D eigenvalue weighted by Gasteiger charge is 2.20. The van der Waals surface area contributed by atoms with Crippen molar-refractivity contribution in [3.63, 3.8) is 0 Å². The van der Waals surface area contributed by atoms with Gasteiger partial charge in [-0.15, -0.1) is 0 Å². The maximum Gasteiger partial charge on any atom is 0.164 e. The standard InChI is InChI=1S/C17H18BrN5/c1-23-17-14(15(18)22-23)16(20-10-21-17)19-7-6-11-8-12-4-2-3-5-13(12)9-11/h2-5,10-11H,6-9H2,1H3,(H,19,20,21). The number of aryl methyl sites for hydroxylation is 1. The predicted molar refractivity (Wildman–Crippen MR) is 94.5 cm³/mol. The molecule has 0 saturated carbocycles. The zero-order valence-corrected chi connectivity index (χ0v) is 14.5. The second kappa shape index (κ2) is 5.92. The van der Waals surface area contributed by atoms with Crippen LogP contribution in [0.3, 0.4) is 0 Å². The van der Waals surface area contributed by atoms with Gasteiger partial charge in [-0.3, -0.25) is 0 Å². The molecule has 0 unspecified atom stereocenters. The number of anilines is 1. The fraction of sp³-hybridized carbons (Fsp3) is 0.353. The molecule has 2 aromatic heterocycles. The van der Waals surface area contributed by atoms with Crippen LogP contribution in [0.2, 0.25) is 0 Å². The predicted octanol–water partition coefficient (Wildman–Crippen LogP) is 3.34. The van der Waals surface area contributed by atoms with Gasteiger partial charge in [0, 0.05) is 13.6 Å². The molecule has 0 aliphatic heterocycles. The Morgan fingerprint density at radius 2 is 1.96 bits per heavy atom. The van der Waals surface area contributed by atoms with Crippen molar-refractivity contribution in [1.82, 2.24) is 19.7 Å². The van der Waals surface area contributed by atoms with Crippen LogP contribution in [0.15, 0.2) is 35.2 Å². The first kappa shape index (κ1) is 14.6. The van der Waals surface area contributed by atoms with Crippen LogP contribution in [0.1, 0.15) is 17.5 Å². The summed E-state index contributed by atoms with van der Waals surface area (Å²) in [6.45, 7) is 0.909. The quantitative estimate of drug-likeness (QED) is 0.763. The lowest BCUT2D eigenvalue weighted by Crippen LogP contribution is -2.10. The summed E-state index contributed by atoms with van der Waals surface area (Å²) in [6.07, 6.45) is 5.10. The van der Waals surface area contributed by atoms with Crippen molar-refractivity contribution in [2.45, 2.75) is 19.3 Å². The van der Waals surface area contributed by atoms with Crippen LogP contribution in [-0.2, 0) is 19.9 Å². The number of rotatable bonds is 4. The highest BCUT2D eigenvalue weighted by atomic mass is 79.9. The monoisotopic (exact) mass is 371 g/mol. The molecule has 1 aliphatic rings. The van der Waals surface area contributed by atoms with E-state index in [-0.39, 0.29) is 0 Å². The molecule has 0 atom stereocenters. The number of nitrogens with one attached hydrogen (secondary N) is 1. The number of hydrogen-bond acceptors (Lipinski definition) is 4.